The van der Waals surface area contributed by atoms with E-state index in [0.29, 0.717) is 17.7 Å². The highest BCUT2D eigenvalue weighted by atomic mass is 16.3. The SMILES string of the molecule is CC(C)N1CCC(CNC(=O)c2ccco2)CC1. The summed E-state index contributed by atoms with van der Waals surface area (Å²) in [5.41, 5.74) is 0. The van der Waals surface area contributed by atoms with Crippen molar-refractivity contribution >= 4 is 5.91 Å². The third kappa shape index (κ3) is 3.35. The Balaban J connectivity index is 1.71. The summed E-state index contributed by atoms with van der Waals surface area (Å²) in [4.78, 5) is 14.2. The third-order valence-corrected chi connectivity index (χ3v) is 3.68. The molecule has 0 atom stereocenters. The lowest BCUT2D eigenvalue weighted by Gasteiger charge is -2.34. The average molecular weight is 250 g/mol. The first-order valence-electron chi connectivity index (χ1n) is 6.72. The van der Waals surface area contributed by atoms with Gasteiger partial charge in [-0.05, 0) is 57.8 Å². The summed E-state index contributed by atoms with van der Waals surface area (Å²) >= 11 is 0. The summed E-state index contributed by atoms with van der Waals surface area (Å²) in [7, 11) is 0. The molecule has 0 aliphatic carbocycles. The molecule has 4 nitrogen and oxygen atoms in total. The van der Waals surface area contributed by atoms with E-state index in [9.17, 15) is 4.79 Å². The minimum Gasteiger partial charge on any atom is -0.459 e. The molecule has 1 saturated heterocycles. The molecule has 18 heavy (non-hydrogen) atoms. The van der Waals surface area contributed by atoms with Crippen molar-refractivity contribution in [3.05, 3.63) is 24.2 Å². The van der Waals surface area contributed by atoms with Gasteiger partial charge in [0.2, 0.25) is 0 Å². The summed E-state index contributed by atoms with van der Waals surface area (Å²) in [5.74, 6) is 0.889. The van der Waals surface area contributed by atoms with Crippen LogP contribution in [0.1, 0.15) is 37.2 Å². The van der Waals surface area contributed by atoms with Crippen LogP contribution in [0, 0.1) is 5.92 Å². The van der Waals surface area contributed by atoms with E-state index >= 15 is 0 Å². The highest BCUT2D eigenvalue weighted by Crippen LogP contribution is 2.18. The van der Waals surface area contributed by atoms with Gasteiger partial charge in [-0.2, -0.15) is 0 Å². The van der Waals surface area contributed by atoms with Crippen molar-refractivity contribution in [2.24, 2.45) is 5.92 Å². The van der Waals surface area contributed by atoms with Gasteiger partial charge in [-0.3, -0.25) is 4.79 Å². The number of rotatable bonds is 4. The molecule has 4 heteroatoms. The Hall–Kier alpha value is -1.29. The first-order valence-corrected chi connectivity index (χ1v) is 6.72. The lowest BCUT2D eigenvalue weighted by Crippen LogP contribution is -2.41. The van der Waals surface area contributed by atoms with E-state index in [-0.39, 0.29) is 5.91 Å². The topological polar surface area (TPSA) is 45.5 Å². The van der Waals surface area contributed by atoms with Crippen LogP contribution >= 0.6 is 0 Å². The molecule has 1 aromatic heterocycles. The van der Waals surface area contributed by atoms with Gasteiger partial charge in [-0.1, -0.05) is 0 Å². The van der Waals surface area contributed by atoms with E-state index in [4.69, 9.17) is 4.42 Å². The first-order chi connectivity index (χ1) is 8.66. The number of likely N-dealkylation sites (tertiary alicyclic amines) is 1. The monoisotopic (exact) mass is 250 g/mol. The highest BCUT2D eigenvalue weighted by molar-refractivity contribution is 5.91. The molecule has 100 valence electrons. The molecule has 2 rings (SSSR count). The van der Waals surface area contributed by atoms with Crippen LogP contribution in [0.25, 0.3) is 0 Å². The molecule has 0 spiro atoms. The molecule has 0 aromatic carbocycles. The van der Waals surface area contributed by atoms with Crippen molar-refractivity contribution in [1.29, 1.82) is 0 Å². The quantitative estimate of drug-likeness (QED) is 0.890. The number of carbonyl (C=O) groups excluding carboxylic acids is 1. The van der Waals surface area contributed by atoms with E-state index in [1.807, 2.05) is 0 Å². The van der Waals surface area contributed by atoms with Gasteiger partial charge in [0.15, 0.2) is 5.76 Å². The maximum atomic E-state index is 11.7. The molecule has 0 bridgehead atoms. The predicted molar refractivity (Wildman–Crippen MR) is 70.5 cm³/mol. The Kier molecular flexibility index (Phi) is 4.42. The molecule has 1 fully saturated rings. The molecule has 1 N–H and O–H groups in total. The lowest BCUT2D eigenvalue weighted by molar-refractivity contribution is 0.0902. The summed E-state index contributed by atoms with van der Waals surface area (Å²) in [6, 6.07) is 4.05. The Morgan fingerprint density at radius 1 is 1.50 bits per heavy atom. The van der Waals surface area contributed by atoms with E-state index in [0.717, 1.165) is 32.5 Å². The molecule has 1 aliphatic heterocycles. The lowest BCUT2D eigenvalue weighted by atomic mass is 9.96. The van der Waals surface area contributed by atoms with Crippen molar-refractivity contribution in [3.63, 3.8) is 0 Å². The zero-order chi connectivity index (χ0) is 13.0. The number of amides is 1. The van der Waals surface area contributed by atoms with Crippen LogP contribution in [0.2, 0.25) is 0 Å². The van der Waals surface area contributed by atoms with Crippen molar-refractivity contribution in [2.45, 2.75) is 32.7 Å². The van der Waals surface area contributed by atoms with Gasteiger partial charge in [0, 0.05) is 12.6 Å². The fraction of sp³-hybridized carbons (Fsp3) is 0.643. The number of nitrogens with zero attached hydrogens (tertiary/aromatic N) is 1. The molecular formula is C14H22N2O2. The predicted octanol–water partition coefficient (Wildman–Crippen LogP) is 2.13. The second-order valence-electron chi connectivity index (χ2n) is 5.26. The van der Waals surface area contributed by atoms with Crippen molar-refractivity contribution in [2.75, 3.05) is 19.6 Å². The second kappa shape index (κ2) is 6.05. The normalized spacial score (nSPS) is 18.2. The van der Waals surface area contributed by atoms with Crippen molar-refractivity contribution < 1.29 is 9.21 Å². The van der Waals surface area contributed by atoms with Crippen molar-refractivity contribution in [3.8, 4) is 0 Å². The van der Waals surface area contributed by atoms with Crippen LogP contribution in [0.5, 0.6) is 0 Å². The Morgan fingerprint density at radius 2 is 2.22 bits per heavy atom. The first kappa shape index (κ1) is 13.1. The van der Waals surface area contributed by atoms with Gasteiger partial charge in [0.25, 0.3) is 5.91 Å². The number of piperidine rings is 1. The van der Waals surface area contributed by atoms with Gasteiger partial charge < -0.3 is 14.6 Å². The molecule has 0 radical (unpaired) electrons. The molecule has 2 heterocycles. The summed E-state index contributed by atoms with van der Waals surface area (Å²) in [6.45, 7) is 7.50. The largest absolute Gasteiger partial charge is 0.459 e. The number of hydrogen-bond donors (Lipinski definition) is 1. The van der Waals surface area contributed by atoms with E-state index < -0.39 is 0 Å². The summed E-state index contributed by atoms with van der Waals surface area (Å²) in [5, 5.41) is 2.95. The maximum absolute atomic E-state index is 11.7. The summed E-state index contributed by atoms with van der Waals surface area (Å²) < 4.78 is 5.06. The van der Waals surface area contributed by atoms with E-state index in [1.165, 1.54) is 6.26 Å². The van der Waals surface area contributed by atoms with Crippen molar-refractivity contribution in [1.82, 2.24) is 10.2 Å². The van der Waals surface area contributed by atoms with E-state index in [2.05, 4.69) is 24.1 Å². The maximum Gasteiger partial charge on any atom is 0.286 e. The van der Waals surface area contributed by atoms with Crippen LogP contribution in [0.4, 0.5) is 0 Å². The van der Waals surface area contributed by atoms with Gasteiger partial charge in [-0.15, -0.1) is 0 Å². The minimum atomic E-state index is -0.105. The zero-order valence-electron chi connectivity index (χ0n) is 11.2. The zero-order valence-corrected chi connectivity index (χ0v) is 11.2. The Morgan fingerprint density at radius 3 is 2.78 bits per heavy atom. The standard InChI is InChI=1S/C14H22N2O2/c1-11(2)16-7-5-12(6-8-16)10-15-14(17)13-4-3-9-18-13/h3-4,9,11-12H,5-8,10H2,1-2H3,(H,15,17). The fourth-order valence-corrected chi connectivity index (χ4v) is 2.41. The summed E-state index contributed by atoms with van der Waals surface area (Å²) in [6.07, 6.45) is 3.85. The van der Waals surface area contributed by atoms with E-state index in [1.54, 1.807) is 12.1 Å². The molecule has 1 aliphatic rings. The Bertz CT molecular complexity index is 365. The number of nitrogens with one attached hydrogen (secondary N) is 1. The molecule has 0 saturated carbocycles. The van der Waals surface area contributed by atoms with Crippen LogP contribution in [-0.2, 0) is 0 Å². The highest BCUT2D eigenvalue weighted by Gasteiger charge is 2.21. The number of hydrogen-bond acceptors (Lipinski definition) is 3. The molecule has 1 amide bonds. The van der Waals surface area contributed by atoms with Gasteiger partial charge in [0.05, 0.1) is 6.26 Å². The minimum absolute atomic E-state index is 0.105. The van der Waals surface area contributed by atoms with Crippen LogP contribution in [-0.4, -0.2) is 36.5 Å². The number of furan rings is 1. The van der Waals surface area contributed by atoms with Crippen LogP contribution in [0.15, 0.2) is 22.8 Å². The molecule has 1 aromatic rings. The molecule has 0 unspecified atom stereocenters. The van der Waals surface area contributed by atoms with Gasteiger partial charge in [-0.25, -0.2) is 0 Å². The van der Waals surface area contributed by atoms with Gasteiger partial charge in [0.1, 0.15) is 0 Å². The smallest absolute Gasteiger partial charge is 0.286 e. The number of carbonyl (C=O) groups is 1. The van der Waals surface area contributed by atoms with Crippen LogP contribution < -0.4 is 5.32 Å². The second-order valence-corrected chi connectivity index (χ2v) is 5.26. The fourth-order valence-electron chi connectivity index (χ4n) is 2.41. The Labute approximate surface area is 108 Å². The van der Waals surface area contributed by atoms with Gasteiger partial charge >= 0.3 is 0 Å². The third-order valence-electron chi connectivity index (χ3n) is 3.68. The van der Waals surface area contributed by atoms with Crippen LogP contribution in [0.3, 0.4) is 0 Å². The average Bonchev–Trinajstić information content (AvgIpc) is 2.90. The molecular weight excluding hydrogens is 228 g/mol.